The van der Waals surface area contributed by atoms with E-state index in [0.717, 1.165) is 35.0 Å². The molecular formula is C30H45BNO6. The number of carbonyl (C=O) groups is 2. The summed E-state index contributed by atoms with van der Waals surface area (Å²) in [5.74, 6) is 0.801. The molecule has 0 bridgehead atoms. The summed E-state index contributed by atoms with van der Waals surface area (Å²) in [7, 11) is 3.31. The number of hydrogen-bond acceptors (Lipinski definition) is 6. The van der Waals surface area contributed by atoms with Crippen LogP contribution in [0.4, 0.5) is 4.79 Å². The van der Waals surface area contributed by atoms with E-state index in [0.29, 0.717) is 37.3 Å². The minimum Gasteiger partial charge on any atom is -0.500 e. The Balaban J connectivity index is 1.81. The van der Waals surface area contributed by atoms with Gasteiger partial charge in [-0.15, -0.1) is 0 Å². The Kier molecular flexibility index (Phi) is 8.50. The predicted molar refractivity (Wildman–Crippen MR) is 150 cm³/mol. The third-order valence-electron chi connectivity index (χ3n) is 8.12. The zero-order chi connectivity index (χ0) is 28.7. The first-order valence-corrected chi connectivity index (χ1v) is 13.5. The highest BCUT2D eigenvalue weighted by atomic mass is 16.6. The Labute approximate surface area is 229 Å². The standard InChI is InChI=1S/C30H45BNO6/c1-19-15-21(31-38-29(8,9)28(6,7)35)16-20(2)24(19)25-22(33)17-30(18-23(25)36-10)11-13-32(14-12-30)26(34)37-27(3,4)5/h15-16,35H,11-14,17-18H2,1-10H3. The first-order valence-electron chi connectivity index (χ1n) is 13.5. The van der Waals surface area contributed by atoms with Crippen molar-refractivity contribution in [2.75, 3.05) is 20.2 Å². The van der Waals surface area contributed by atoms with E-state index in [1.807, 2.05) is 60.6 Å². The third-order valence-corrected chi connectivity index (χ3v) is 8.12. The first kappa shape index (κ1) is 30.2. The van der Waals surface area contributed by atoms with Gasteiger partial charge in [-0.1, -0.05) is 17.6 Å². The van der Waals surface area contributed by atoms with E-state index >= 15 is 0 Å². The highest BCUT2D eigenvalue weighted by Gasteiger charge is 2.44. The molecule has 7 nitrogen and oxygen atoms in total. The average molecular weight is 527 g/mol. The lowest BCUT2D eigenvalue weighted by molar-refractivity contribution is -0.117. The molecule has 0 unspecified atom stereocenters. The van der Waals surface area contributed by atoms with Crippen molar-refractivity contribution in [2.45, 2.75) is 105 Å². The van der Waals surface area contributed by atoms with Crippen LogP contribution in [0.5, 0.6) is 0 Å². The second-order valence-electron chi connectivity index (χ2n) is 13.1. The number of methoxy groups -OCH3 is 1. The quantitative estimate of drug-likeness (QED) is 0.534. The van der Waals surface area contributed by atoms with Gasteiger partial charge >= 0.3 is 13.6 Å². The van der Waals surface area contributed by atoms with E-state index in [9.17, 15) is 14.7 Å². The fourth-order valence-electron chi connectivity index (χ4n) is 5.19. The smallest absolute Gasteiger partial charge is 0.410 e. The number of ether oxygens (including phenoxy) is 2. The van der Waals surface area contributed by atoms with Gasteiger partial charge in [0.15, 0.2) is 5.78 Å². The number of amides is 1. The number of aryl methyl sites for hydroxylation is 2. The lowest BCUT2D eigenvalue weighted by atomic mass is 9.66. The summed E-state index contributed by atoms with van der Waals surface area (Å²) in [6.45, 7) is 17.9. The molecule has 3 rings (SSSR count). The van der Waals surface area contributed by atoms with E-state index in [4.69, 9.17) is 14.1 Å². The van der Waals surface area contributed by atoms with Crippen molar-refractivity contribution in [1.82, 2.24) is 4.90 Å². The number of carbonyl (C=O) groups excluding carboxylic acids is 2. The number of aliphatic hydroxyl groups is 1. The maximum Gasteiger partial charge on any atom is 0.410 e. The van der Waals surface area contributed by atoms with E-state index < -0.39 is 16.8 Å². The molecule has 1 fully saturated rings. The van der Waals surface area contributed by atoms with Crippen LogP contribution in [0, 0.1) is 19.3 Å². The van der Waals surface area contributed by atoms with Crippen molar-refractivity contribution in [3.8, 4) is 0 Å². The molecule has 0 saturated carbocycles. The number of hydrogen-bond donors (Lipinski definition) is 1. The Morgan fingerprint density at radius 2 is 1.55 bits per heavy atom. The van der Waals surface area contributed by atoms with Crippen molar-refractivity contribution < 1.29 is 28.8 Å². The average Bonchev–Trinajstić information content (AvgIpc) is 2.77. The molecule has 209 valence electrons. The van der Waals surface area contributed by atoms with E-state index in [-0.39, 0.29) is 17.3 Å². The van der Waals surface area contributed by atoms with Crippen LogP contribution in [-0.2, 0) is 18.9 Å². The molecule has 0 atom stereocenters. The van der Waals surface area contributed by atoms with Crippen LogP contribution in [0.2, 0.25) is 0 Å². The molecule has 8 heteroatoms. The summed E-state index contributed by atoms with van der Waals surface area (Å²) in [5, 5.41) is 10.4. The summed E-state index contributed by atoms with van der Waals surface area (Å²) < 4.78 is 17.4. The maximum atomic E-state index is 13.7. The summed E-state index contributed by atoms with van der Waals surface area (Å²) in [5.41, 5.74) is 1.84. The molecule has 1 spiro atoms. The molecule has 1 N–H and O–H groups in total. The normalized spacial score (nSPS) is 18.6. The topological polar surface area (TPSA) is 85.3 Å². The second-order valence-corrected chi connectivity index (χ2v) is 13.1. The molecule has 1 aliphatic carbocycles. The van der Waals surface area contributed by atoms with E-state index in [1.165, 1.54) is 0 Å². The molecule has 1 amide bonds. The van der Waals surface area contributed by atoms with Gasteiger partial charge in [-0.3, -0.25) is 4.79 Å². The largest absolute Gasteiger partial charge is 0.500 e. The molecule has 1 aliphatic heterocycles. The lowest BCUT2D eigenvalue weighted by Gasteiger charge is -2.44. The number of Topliss-reactive ketones (excluding diaryl/α,β-unsaturated/α-hetero) is 1. The molecule has 1 aromatic rings. The number of nitrogens with zero attached hydrogens (tertiary/aromatic N) is 1. The van der Waals surface area contributed by atoms with Crippen molar-refractivity contribution in [3.05, 3.63) is 34.6 Å². The number of benzene rings is 1. The van der Waals surface area contributed by atoms with Gasteiger partial charge in [0.1, 0.15) is 11.4 Å². The van der Waals surface area contributed by atoms with Crippen LogP contribution in [0.25, 0.3) is 5.57 Å². The fourth-order valence-corrected chi connectivity index (χ4v) is 5.19. The van der Waals surface area contributed by atoms with E-state index in [2.05, 4.69) is 0 Å². The monoisotopic (exact) mass is 526 g/mol. The number of allylic oxidation sites excluding steroid dienone is 2. The van der Waals surface area contributed by atoms with Gasteiger partial charge in [0.05, 0.1) is 23.9 Å². The van der Waals surface area contributed by atoms with Crippen LogP contribution in [0.3, 0.4) is 0 Å². The molecule has 1 radical (unpaired) electrons. The minimum atomic E-state index is -1.01. The van der Waals surface area contributed by atoms with Crippen LogP contribution in [0.15, 0.2) is 17.9 Å². The fraction of sp³-hybridized carbons (Fsp3) is 0.667. The van der Waals surface area contributed by atoms with Gasteiger partial charge < -0.3 is 24.1 Å². The number of ketones is 1. The first-order chi connectivity index (χ1) is 17.4. The van der Waals surface area contributed by atoms with Crippen molar-refractivity contribution >= 4 is 30.4 Å². The van der Waals surface area contributed by atoms with Crippen LogP contribution >= 0.6 is 0 Å². The van der Waals surface area contributed by atoms with Gasteiger partial charge in [-0.05, 0) is 97.3 Å². The second kappa shape index (κ2) is 10.7. The summed E-state index contributed by atoms with van der Waals surface area (Å²) in [4.78, 5) is 28.0. The third kappa shape index (κ3) is 6.63. The highest BCUT2D eigenvalue weighted by molar-refractivity contribution is 6.47. The molecule has 0 aromatic heterocycles. The Morgan fingerprint density at radius 1 is 1.00 bits per heavy atom. The molecular weight excluding hydrogens is 481 g/mol. The van der Waals surface area contributed by atoms with Crippen LogP contribution in [-0.4, -0.2) is 66.4 Å². The van der Waals surface area contributed by atoms with Crippen LogP contribution in [0.1, 0.15) is 90.8 Å². The van der Waals surface area contributed by atoms with Gasteiger partial charge in [0.2, 0.25) is 0 Å². The Morgan fingerprint density at radius 3 is 2.03 bits per heavy atom. The predicted octanol–water partition coefficient (Wildman–Crippen LogP) is 4.85. The maximum absolute atomic E-state index is 13.7. The SMILES string of the molecule is COC1=C(c2c(C)cc([B]OC(C)(C)C(C)(C)O)cc2C)C(=O)CC2(CCN(C(=O)OC(C)(C)C)CC2)C1. The summed E-state index contributed by atoms with van der Waals surface area (Å²) >= 11 is 0. The zero-order valence-corrected chi connectivity index (χ0v) is 24.9. The molecule has 2 aliphatic rings. The summed E-state index contributed by atoms with van der Waals surface area (Å²) in [6, 6.07) is 4.00. The highest BCUT2D eigenvalue weighted by Crippen LogP contribution is 2.48. The number of likely N-dealkylation sites (tertiary alicyclic amines) is 1. The summed E-state index contributed by atoms with van der Waals surface area (Å²) in [6.07, 6.45) is 2.28. The van der Waals surface area contributed by atoms with Gasteiger partial charge in [0, 0.05) is 25.9 Å². The Bertz CT molecular complexity index is 1080. The van der Waals surface area contributed by atoms with Crippen molar-refractivity contribution in [3.63, 3.8) is 0 Å². The molecule has 1 saturated heterocycles. The molecule has 38 heavy (non-hydrogen) atoms. The van der Waals surface area contributed by atoms with Gasteiger partial charge in [0.25, 0.3) is 0 Å². The zero-order valence-electron chi connectivity index (χ0n) is 24.9. The van der Waals surface area contributed by atoms with Gasteiger partial charge in [-0.2, -0.15) is 0 Å². The number of rotatable bonds is 6. The molecule has 1 aromatic carbocycles. The van der Waals surface area contributed by atoms with Crippen LogP contribution < -0.4 is 5.46 Å². The minimum absolute atomic E-state index is 0.0844. The molecule has 1 heterocycles. The van der Waals surface area contributed by atoms with Crippen molar-refractivity contribution in [1.29, 1.82) is 0 Å². The van der Waals surface area contributed by atoms with E-state index in [1.54, 1.807) is 33.3 Å². The van der Waals surface area contributed by atoms with Gasteiger partial charge in [-0.25, -0.2) is 4.79 Å². The Hall–Kier alpha value is -2.32. The lowest BCUT2D eigenvalue weighted by Crippen LogP contribution is -2.49. The van der Waals surface area contributed by atoms with Crippen molar-refractivity contribution in [2.24, 2.45) is 5.41 Å². The number of piperidine rings is 1.